The molecular formula is C20H22N4O2. The van der Waals surface area contributed by atoms with Crippen molar-refractivity contribution in [3.8, 4) is 5.88 Å². The normalized spacial score (nSPS) is 15.4. The molecule has 2 aromatic heterocycles. The Kier molecular flexibility index (Phi) is 4.32. The summed E-state index contributed by atoms with van der Waals surface area (Å²) in [5.41, 5.74) is 3.94. The van der Waals surface area contributed by atoms with Crippen LogP contribution in [-0.2, 0) is 0 Å². The quantitative estimate of drug-likeness (QED) is 0.787. The van der Waals surface area contributed by atoms with E-state index in [4.69, 9.17) is 9.72 Å². The van der Waals surface area contributed by atoms with E-state index in [0.717, 1.165) is 42.8 Å². The van der Waals surface area contributed by atoms with Gasteiger partial charge in [0.05, 0.1) is 18.1 Å². The van der Waals surface area contributed by atoms with Crippen molar-refractivity contribution in [1.29, 1.82) is 0 Å². The van der Waals surface area contributed by atoms with Crippen LogP contribution in [0.2, 0.25) is 0 Å². The van der Waals surface area contributed by atoms with E-state index in [9.17, 15) is 4.79 Å². The molecule has 0 aliphatic carbocycles. The van der Waals surface area contributed by atoms with Crippen LogP contribution in [0.25, 0.3) is 11.0 Å². The van der Waals surface area contributed by atoms with E-state index in [1.807, 2.05) is 11.0 Å². The lowest BCUT2D eigenvalue weighted by atomic mass is 9.95. The second kappa shape index (κ2) is 6.78. The summed E-state index contributed by atoms with van der Waals surface area (Å²) in [5, 5.41) is 0. The predicted molar refractivity (Wildman–Crippen MR) is 99.5 cm³/mol. The monoisotopic (exact) mass is 350 g/mol. The number of hydrogen-bond acceptors (Lipinski definition) is 4. The minimum absolute atomic E-state index is 0.0320. The number of hydrogen-bond donors (Lipinski definition) is 1. The number of nitrogens with zero attached hydrogens (tertiary/aromatic N) is 3. The highest BCUT2D eigenvalue weighted by molar-refractivity contribution is 5.94. The zero-order chi connectivity index (χ0) is 18.1. The summed E-state index contributed by atoms with van der Waals surface area (Å²) in [6.45, 7) is 3.53. The van der Waals surface area contributed by atoms with E-state index in [1.165, 1.54) is 5.56 Å². The summed E-state index contributed by atoms with van der Waals surface area (Å²) in [6.07, 6.45) is 3.43. The number of piperidine rings is 1. The van der Waals surface area contributed by atoms with Gasteiger partial charge in [-0.2, -0.15) is 0 Å². The van der Waals surface area contributed by atoms with Crippen molar-refractivity contribution in [2.75, 3.05) is 20.2 Å². The first-order valence-electron chi connectivity index (χ1n) is 8.90. The number of aromatic nitrogens is 3. The summed E-state index contributed by atoms with van der Waals surface area (Å²) in [7, 11) is 1.55. The van der Waals surface area contributed by atoms with Gasteiger partial charge in [0.25, 0.3) is 5.91 Å². The lowest BCUT2D eigenvalue weighted by Gasteiger charge is -2.31. The minimum atomic E-state index is 0.0320. The van der Waals surface area contributed by atoms with Gasteiger partial charge in [0.1, 0.15) is 5.82 Å². The average molecular weight is 350 g/mol. The maximum atomic E-state index is 12.7. The number of benzene rings is 1. The van der Waals surface area contributed by atoms with Crippen LogP contribution in [0.3, 0.4) is 0 Å². The smallest absolute Gasteiger partial charge is 0.254 e. The number of aryl methyl sites for hydroxylation is 1. The molecule has 1 aromatic carbocycles. The fourth-order valence-electron chi connectivity index (χ4n) is 3.58. The third kappa shape index (κ3) is 3.03. The van der Waals surface area contributed by atoms with Crippen molar-refractivity contribution in [1.82, 2.24) is 19.9 Å². The van der Waals surface area contributed by atoms with Crippen LogP contribution < -0.4 is 4.74 Å². The number of rotatable bonds is 3. The van der Waals surface area contributed by atoms with Crippen molar-refractivity contribution < 1.29 is 9.53 Å². The van der Waals surface area contributed by atoms with Crippen LogP contribution in [0, 0.1) is 6.92 Å². The molecule has 0 atom stereocenters. The Bertz CT molecular complexity index is 942. The lowest BCUT2D eigenvalue weighted by molar-refractivity contribution is 0.0710. The first kappa shape index (κ1) is 16.6. The molecule has 3 heterocycles. The number of ether oxygens (including phenoxy) is 1. The summed E-state index contributed by atoms with van der Waals surface area (Å²) >= 11 is 0. The molecule has 6 heteroatoms. The molecule has 1 saturated heterocycles. The Labute approximate surface area is 152 Å². The van der Waals surface area contributed by atoms with Crippen LogP contribution >= 0.6 is 0 Å². The molecule has 3 aromatic rings. The van der Waals surface area contributed by atoms with E-state index in [1.54, 1.807) is 25.4 Å². The van der Waals surface area contributed by atoms with Crippen molar-refractivity contribution in [3.05, 3.63) is 53.5 Å². The maximum absolute atomic E-state index is 12.7. The Morgan fingerprint density at radius 2 is 2.08 bits per heavy atom. The second-order valence-electron chi connectivity index (χ2n) is 6.75. The molecule has 0 radical (unpaired) electrons. The molecule has 1 fully saturated rings. The zero-order valence-corrected chi connectivity index (χ0v) is 15.0. The summed E-state index contributed by atoms with van der Waals surface area (Å²) in [6, 6.07) is 9.62. The fourth-order valence-corrected chi connectivity index (χ4v) is 3.58. The molecule has 6 nitrogen and oxygen atoms in total. The van der Waals surface area contributed by atoms with Crippen molar-refractivity contribution >= 4 is 16.9 Å². The molecule has 0 unspecified atom stereocenters. The third-order valence-corrected chi connectivity index (χ3v) is 5.09. The molecule has 4 rings (SSSR count). The number of H-pyrrole nitrogens is 1. The average Bonchev–Trinajstić information content (AvgIpc) is 3.13. The van der Waals surface area contributed by atoms with Gasteiger partial charge in [0.2, 0.25) is 5.88 Å². The van der Waals surface area contributed by atoms with Crippen LogP contribution in [0.5, 0.6) is 5.88 Å². The van der Waals surface area contributed by atoms with Crippen molar-refractivity contribution in [2.24, 2.45) is 0 Å². The highest BCUT2D eigenvalue weighted by Gasteiger charge is 2.26. The number of methoxy groups -OCH3 is 1. The van der Waals surface area contributed by atoms with Gasteiger partial charge >= 0.3 is 0 Å². The molecule has 0 bridgehead atoms. The van der Waals surface area contributed by atoms with E-state index >= 15 is 0 Å². The van der Waals surface area contributed by atoms with Gasteiger partial charge in [0, 0.05) is 36.8 Å². The highest BCUT2D eigenvalue weighted by atomic mass is 16.5. The van der Waals surface area contributed by atoms with E-state index < -0.39 is 0 Å². The summed E-state index contributed by atoms with van der Waals surface area (Å²) in [4.78, 5) is 26.9. The van der Waals surface area contributed by atoms with E-state index in [-0.39, 0.29) is 5.91 Å². The van der Waals surface area contributed by atoms with E-state index in [0.29, 0.717) is 17.4 Å². The Morgan fingerprint density at radius 3 is 2.81 bits per heavy atom. The molecular weight excluding hydrogens is 328 g/mol. The van der Waals surface area contributed by atoms with Crippen LogP contribution in [0.15, 0.2) is 36.5 Å². The third-order valence-electron chi connectivity index (χ3n) is 5.09. The predicted octanol–water partition coefficient (Wildman–Crippen LogP) is 3.29. The number of pyridine rings is 1. The van der Waals surface area contributed by atoms with E-state index in [2.05, 4.69) is 29.0 Å². The number of nitrogens with one attached hydrogen (secondary N) is 1. The first-order valence-corrected chi connectivity index (χ1v) is 8.90. The molecule has 1 amide bonds. The van der Waals surface area contributed by atoms with Gasteiger partial charge in [-0.1, -0.05) is 12.1 Å². The van der Waals surface area contributed by atoms with Crippen molar-refractivity contribution in [3.63, 3.8) is 0 Å². The SMILES string of the molecule is COc1cc(C(=O)N2CCC(c3nc4c(C)cccc4[nH]3)CC2)ccn1. The first-order chi connectivity index (χ1) is 12.7. The standard InChI is InChI=1S/C20H22N4O2/c1-13-4-3-5-16-18(13)23-19(22-16)14-7-10-24(11-8-14)20(25)15-6-9-21-17(12-15)26-2/h3-6,9,12,14H,7-8,10-11H2,1-2H3,(H,22,23). The molecule has 0 spiro atoms. The van der Waals surface area contributed by atoms with Crippen molar-refractivity contribution in [2.45, 2.75) is 25.7 Å². The number of imidazole rings is 1. The molecule has 1 aliphatic rings. The summed E-state index contributed by atoms with van der Waals surface area (Å²) < 4.78 is 5.11. The van der Waals surface area contributed by atoms with Crippen LogP contribution in [0.1, 0.15) is 40.5 Å². The fraction of sp³-hybridized carbons (Fsp3) is 0.350. The maximum Gasteiger partial charge on any atom is 0.254 e. The second-order valence-corrected chi connectivity index (χ2v) is 6.75. The topological polar surface area (TPSA) is 71.1 Å². The lowest BCUT2D eigenvalue weighted by Crippen LogP contribution is -2.38. The van der Waals surface area contributed by atoms with Gasteiger partial charge in [-0.25, -0.2) is 9.97 Å². The zero-order valence-electron chi connectivity index (χ0n) is 15.0. The van der Waals surface area contributed by atoms with Gasteiger partial charge in [-0.05, 0) is 37.5 Å². The summed E-state index contributed by atoms with van der Waals surface area (Å²) in [5.74, 6) is 1.89. The largest absolute Gasteiger partial charge is 0.481 e. The molecule has 26 heavy (non-hydrogen) atoms. The number of carbonyl (C=O) groups is 1. The van der Waals surface area contributed by atoms with Gasteiger partial charge in [0.15, 0.2) is 0 Å². The van der Waals surface area contributed by atoms with Crippen LogP contribution in [0.4, 0.5) is 0 Å². The number of likely N-dealkylation sites (tertiary alicyclic amines) is 1. The molecule has 0 saturated carbocycles. The molecule has 1 aliphatic heterocycles. The minimum Gasteiger partial charge on any atom is -0.481 e. The van der Waals surface area contributed by atoms with Gasteiger partial charge in [-0.15, -0.1) is 0 Å². The van der Waals surface area contributed by atoms with Gasteiger partial charge in [-0.3, -0.25) is 4.79 Å². The van der Waals surface area contributed by atoms with Gasteiger partial charge < -0.3 is 14.6 Å². The Morgan fingerprint density at radius 1 is 1.27 bits per heavy atom. The number of para-hydroxylation sites is 1. The molecule has 1 N–H and O–H groups in total. The highest BCUT2D eigenvalue weighted by Crippen LogP contribution is 2.29. The van der Waals surface area contributed by atoms with Crippen LogP contribution in [-0.4, -0.2) is 46.0 Å². The number of aromatic amines is 1. The number of carbonyl (C=O) groups excluding carboxylic acids is 1. The number of fused-ring (bicyclic) bond motifs is 1. The number of amides is 1. The molecule has 134 valence electrons. The Balaban J connectivity index is 1.46. The Hall–Kier alpha value is -2.89.